The Labute approximate surface area is 315 Å². The maximum atomic E-state index is 14.8. The first-order chi connectivity index (χ1) is 25.5. The molecule has 0 aromatic heterocycles. The Balaban J connectivity index is 1.18. The number of carbonyl (C=O) groups is 5. The van der Waals surface area contributed by atoms with E-state index < -0.39 is 41.8 Å². The van der Waals surface area contributed by atoms with E-state index in [0.717, 1.165) is 36.3 Å². The van der Waals surface area contributed by atoms with Gasteiger partial charge in [-0.05, 0) is 97.5 Å². The van der Waals surface area contributed by atoms with Crippen LogP contribution < -0.4 is 16.0 Å². The Morgan fingerprint density at radius 3 is 2.30 bits per heavy atom. The van der Waals surface area contributed by atoms with Crippen LogP contribution in [0.15, 0.2) is 49.6 Å². The minimum atomic E-state index is -1.08. The second kappa shape index (κ2) is 17.0. The molecule has 1 saturated heterocycles. The van der Waals surface area contributed by atoms with Gasteiger partial charge >= 0.3 is 6.09 Å². The third-order valence-electron chi connectivity index (χ3n) is 13.2. The topological polar surface area (TPSA) is 134 Å². The summed E-state index contributed by atoms with van der Waals surface area (Å²) >= 11 is 0. The largest absolute Gasteiger partial charge is 0.446 e. The van der Waals surface area contributed by atoms with Gasteiger partial charge in [-0.25, -0.2) is 4.79 Å². The standard InChI is InChI=1S/C43H60N4O6/c1-5-7-20-34(38(48)40(50)44-21-6-2)45-39(49)37-35-33(43(35,3)4)26-47(37)41(51)36(31-24-29-17-11-12-18-30(29)25-31)46-42(52)53-32-19-13-16-28(23-32)22-27-14-9-8-10-15-27/h5-6,11-12,17-18,27-28,31-37H,1-2,7-10,13-16,19-26H2,3-4H3,(H,44,50)(H,45,49)(H,46,52)/t28?,32?,33?,34?,35?,36-,37-/m0/s1. The molecule has 3 N–H and O–H groups in total. The minimum absolute atomic E-state index is 0.0946. The molecule has 6 rings (SSSR count). The summed E-state index contributed by atoms with van der Waals surface area (Å²) in [5.41, 5.74) is 2.13. The maximum Gasteiger partial charge on any atom is 0.408 e. The number of alkyl carbamates (subject to hydrolysis) is 1. The lowest BCUT2D eigenvalue weighted by atomic mass is 9.77. The van der Waals surface area contributed by atoms with Gasteiger partial charge in [-0.15, -0.1) is 13.2 Å². The Bertz CT molecular complexity index is 1530. The van der Waals surface area contributed by atoms with Crippen LogP contribution in [0.25, 0.3) is 0 Å². The maximum absolute atomic E-state index is 14.8. The molecule has 0 radical (unpaired) electrons. The fourth-order valence-electron chi connectivity index (χ4n) is 10.2. The molecule has 0 spiro atoms. The number of hydrogen-bond donors (Lipinski definition) is 3. The van der Waals surface area contributed by atoms with Crippen LogP contribution >= 0.6 is 0 Å². The highest BCUT2D eigenvalue weighted by Crippen LogP contribution is 2.65. The van der Waals surface area contributed by atoms with Crippen molar-refractivity contribution < 1.29 is 28.7 Å². The summed E-state index contributed by atoms with van der Waals surface area (Å²) in [6.45, 7) is 12.0. The number of benzene rings is 1. The first-order valence-electron chi connectivity index (χ1n) is 20.2. The number of carbonyl (C=O) groups excluding carboxylic acids is 5. The molecule has 4 amide bonds. The lowest BCUT2D eigenvalue weighted by Gasteiger charge is -2.36. The molecule has 1 aromatic rings. The molecule has 0 bridgehead atoms. The van der Waals surface area contributed by atoms with Gasteiger partial charge in [-0.3, -0.25) is 19.2 Å². The van der Waals surface area contributed by atoms with Crippen LogP contribution in [-0.2, 0) is 36.8 Å². The van der Waals surface area contributed by atoms with Gasteiger partial charge < -0.3 is 25.6 Å². The molecule has 10 nitrogen and oxygen atoms in total. The van der Waals surface area contributed by atoms with Crippen molar-refractivity contribution in [1.29, 1.82) is 0 Å². The molecule has 10 heteroatoms. The number of piperidine rings is 1. The summed E-state index contributed by atoms with van der Waals surface area (Å²) < 4.78 is 6.11. The van der Waals surface area contributed by atoms with Crippen molar-refractivity contribution in [2.75, 3.05) is 13.1 Å². The van der Waals surface area contributed by atoms with Crippen molar-refractivity contribution in [3.05, 3.63) is 60.7 Å². The average molecular weight is 729 g/mol. The second-order valence-electron chi connectivity index (χ2n) is 17.0. The van der Waals surface area contributed by atoms with Crippen molar-refractivity contribution in [2.24, 2.45) is 35.0 Å². The number of nitrogens with zero attached hydrogens (tertiary/aromatic N) is 1. The third kappa shape index (κ3) is 8.89. The van der Waals surface area contributed by atoms with E-state index in [9.17, 15) is 24.0 Å². The Kier molecular flexibility index (Phi) is 12.4. The lowest BCUT2D eigenvalue weighted by Crippen LogP contribution is -2.59. The van der Waals surface area contributed by atoms with E-state index >= 15 is 0 Å². The molecule has 7 atom stereocenters. The summed E-state index contributed by atoms with van der Waals surface area (Å²) in [5.74, 6) is -1.21. The molecule has 4 aliphatic carbocycles. The first-order valence-corrected chi connectivity index (χ1v) is 20.2. The van der Waals surface area contributed by atoms with Crippen LogP contribution in [0.2, 0.25) is 0 Å². The number of Topliss-reactive ketones (excluding diaryl/α,β-unsaturated/α-hetero) is 1. The number of nitrogens with one attached hydrogen (secondary N) is 3. The molecule has 3 saturated carbocycles. The molecule has 53 heavy (non-hydrogen) atoms. The summed E-state index contributed by atoms with van der Waals surface area (Å²) in [7, 11) is 0. The van der Waals surface area contributed by atoms with Gasteiger partial charge in [0.05, 0.1) is 6.04 Å². The van der Waals surface area contributed by atoms with Crippen LogP contribution in [0.4, 0.5) is 4.79 Å². The predicted octanol–water partition coefficient (Wildman–Crippen LogP) is 5.83. The summed E-state index contributed by atoms with van der Waals surface area (Å²) in [6.07, 6.45) is 15.9. The molecular formula is C43H60N4O6. The second-order valence-corrected chi connectivity index (χ2v) is 17.0. The monoisotopic (exact) mass is 728 g/mol. The highest BCUT2D eigenvalue weighted by molar-refractivity contribution is 6.38. The Morgan fingerprint density at radius 1 is 0.925 bits per heavy atom. The molecule has 1 aromatic carbocycles. The third-order valence-corrected chi connectivity index (χ3v) is 13.2. The highest BCUT2D eigenvalue weighted by atomic mass is 16.6. The van der Waals surface area contributed by atoms with Gasteiger partial charge in [0.1, 0.15) is 18.2 Å². The van der Waals surface area contributed by atoms with Gasteiger partial charge in [0.2, 0.25) is 17.6 Å². The van der Waals surface area contributed by atoms with Crippen molar-refractivity contribution >= 4 is 29.6 Å². The van der Waals surface area contributed by atoms with Gasteiger partial charge in [-0.2, -0.15) is 0 Å². The number of ketones is 1. The number of likely N-dealkylation sites (tertiary alicyclic amines) is 1. The fraction of sp³-hybridized carbons (Fsp3) is 0.651. The molecular weight excluding hydrogens is 668 g/mol. The minimum Gasteiger partial charge on any atom is -0.446 e. The Hall–Kier alpha value is -3.95. The number of allylic oxidation sites excluding steroid dienone is 1. The molecule has 5 unspecified atom stereocenters. The zero-order valence-electron chi connectivity index (χ0n) is 31.8. The van der Waals surface area contributed by atoms with E-state index in [-0.39, 0.29) is 48.1 Å². The van der Waals surface area contributed by atoms with Crippen molar-refractivity contribution in [3.8, 4) is 0 Å². The fourth-order valence-corrected chi connectivity index (χ4v) is 10.2. The van der Waals surface area contributed by atoms with Crippen LogP contribution in [0.3, 0.4) is 0 Å². The summed E-state index contributed by atoms with van der Waals surface area (Å²) in [5, 5.41) is 8.40. The van der Waals surface area contributed by atoms with Gasteiger partial charge in [0, 0.05) is 13.1 Å². The van der Waals surface area contributed by atoms with Gasteiger partial charge in [0.25, 0.3) is 5.91 Å². The number of amides is 4. The molecule has 1 aliphatic heterocycles. The zero-order valence-corrected chi connectivity index (χ0v) is 31.8. The van der Waals surface area contributed by atoms with E-state index in [2.05, 4.69) is 55.1 Å². The van der Waals surface area contributed by atoms with E-state index in [0.29, 0.717) is 31.7 Å². The van der Waals surface area contributed by atoms with Crippen LogP contribution in [-0.4, -0.2) is 71.8 Å². The van der Waals surface area contributed by atoms with E-state index in [1.54, 1.807) is 11.0 Å². The molecule has 4 fully saturated rings. The van der Waals surface area contributed by atoms with Crippen LogP contribution in [0.5, 0.6) is 0 Å². The number of ether oxygens (including phenoxy) is 1. The van der Waals surface area contributed by atoms with Crippen molar-refractivity contribution in [2.45, 2.75) is 128 Å². The number of hydrogen-bond acceptors (Lipinski definition) is 6. The predicted molar refractivity (Wildman–Crippen MR) is 204 cm³/mol. The smallest absolute Gasteiger partial charge is 0.408 e. The van der Waals surface area contributed by atoms with Crippen molar-refractivity contribution in [3.63, 3.8) is 0 Å². The zero-order chi connectivity index (χ0) is 37.7. The van der Waals surface area contributed by atoms with Crippen molar-refractivity contribution in [1.82, 2.24) is 20.9 Å². The van der Waals surface area contributed by atoms with E-state index in [1.807, 2.05) is 12.1 Å². The van der Waals surface area contributed by atoms with Crippen LogP contribution in [0.1, 0.15) is 102 Å². The molecule has 288 valence electrons. The van der Waals surface area contributed by atoms with Gasteiger partial charge in [0.15, 0.2) is 0 Å². The normalized spacial score (nSPS) is 27.4. The van der Waals surface area contributed by atoms with Crippen LogP contribution in [0, 0.1) is 35.0 Å². The summed E-state index contributed by atoms with van der Waals surface area (Å²) in [4.78, 5) is 70.3. The SMILES string of the molecule is C=CCCC(NC(=O)[C@@H]1C2C(CN1C(=O)[C@@H](NC(=O)OC1CCCC(CC3CCCCC3)C1)C1Cc3ccccc3C1)C2(C)C)C(=O)C(=O)NCC=C. The first kappa shape index (κ1) is 38.8. The number of fused-ring (bicyclic) bond motifs is 2. The number of rotatable bonds is 15. The average Bonchev–Trinajstić information content (AvgIpc) is 3.50. The summed E-state index contributed by atoms with van der Waals surface area (Å²) in [6, 6.07) is 5.30. The highest BCUT2D eigenvalue weighted by Gasteiger charge is 2.70. The molecule has 1 heterocycles. The quantitative estimate of drug-likeness (QED) is 0.154. The van der Waals surface area contributed by atoms with E-state index in [1.165, 1.54) is 51.0 Å². The van der Waals surface area contributed by atoms with E-state index in [4.69, 9.17) is 4.74 Å². The molecule has 5 aliphatic rings. The lowest BCUT2D eigenvalue weighted by molar-refractivity contribution is -0.144. The Morgan fingerprint density at radius 2 is 1.62 bits per heavy atom. The van der Waals surface area contributed by atoms with Gasteiger partial charge in [-0.1, -0.05) is 88.8 Å².